The van der Waals surface area contributed by atoms with Gasteiger partial charge < -0.3 is 10.5 Å². The Morgan fingerprint density at radius 1 is 1.25 bits per heavy atom. The van der Waals surface area contributed by atoms with E-state index in [1.165, 1.54) is 4.68 Å². The van der Waals surface area contributed by atoms with Crippen LogP contribution < -0.4 is 15.5 Å². The Hall–Kier alpha value is -4.45. The number of ether oxygens (including phenoxy) is 1. The Labute approximate surface area is 184 Å². The summed E-state index contributed by atoms with van der Waals surface area (Å²) in [6, 6.07) is 10.1. The fourth-order valence-corrected chi connectivity index (χ4v) is 3.86. The number of aromatic nitrogens is 3. The van der Waals surface area contributed by atoms with Crippen molar-refractivity contribution in [1.29, 1.82) is 5.26 Å². The molecule has 9 nitrogen and oxygen atoms in total. The summed E-state index contributed by atoms with van der Waals surface area (Å²) in [5.41, 5.74) is 10.5. The molecule has 4 heterocycles. The minimum absolute atomic E-state index is 0.263. The Bertz CT molecular complexity index is 1380. The number of pyridine rings is 1. The van der Waals surface area contributed by atoms with Gasteiger partial charge in [0.25, 0.3) is 0 Å². The molecular formula is C23H20N8O. The molecule has 2 aromatic heterocycles. The van der Waals surface area contributed by atoms with Crippen LogP contribution in [-0.2, 0) is 7.05 Å². The lowest BCUT2D eigenvalue weighted by Gasteiger charge is -2.27. The number of fused-ring (bicyclic) bond motifs is 7. The highest BCUT2D eigenvalue weighted by Gasteiger charge is 2.26. The fraction of sp³-hybridized carbons (Fsp3) is 0.174. The molecule has 3 aromatic rings. The van der Waals surface area contributed by atoms with E-state index in [9.17, 15) is 5.26 Å². The second kappa shape index (κ2) is 7.35. The average molecular weight is 424 g/mol. The summed E-state index contributed by atoms with van der Waals surface area (Å²) in [4.78, 5) is 9.12. The van der Waals surface area contributed by atoms with Crippen LogP contribution in [0.4, 0.5) is 17.3 Å². The summed E-state index contributed by atoms with van der Waals surface area (Å²) in [6.45, 7) is 3.98. The number of aryl methyl sites for hydroxylation is 2. The summed E-state index contributed by atoms with van der Waals surface area (Å²) in [5, 5.41) is 20.6. The highest BCUT2D eigenvalue weighted by molar-refractivity contribution is 6.11. The number of hydrogen-bond acceptors (Lipinski definition) is 8. The van der Waals surface area contributed by atoms with E-state index in [1.807, 2.05) is 38.1 Å². The van der Waals surface area contributed by atoms with Crippen LogP contribution in [0.5, 0.6) is 5.75 Å². The molecule has 2 aliphatic heterocycles. The average Bonchev–Trinajstić information content (AvgIpc) is 3.09. The van der Waals surface area contributed by atoms with Gasteiger partial charge in [-0.2, -0.15) is 15.5 Å². The zero-order valence-electron chi connectivity index (χ0n) is 17.8. The molecule has 32 heavy (non-hydrogen) atoms. The molecule has 0 radical (unpaired) electrons. The van der Waals surface area contributed by atoms with E-state index < -0.39 is 0 Å². The van der Waals surface area contributed by atoms with E-state index in [1.54, 1.807) is 30.5 Å². The summed E-state index contributed by atoms with van der Waals surface area (Å²) in [6.07, 6.45) is 6.61. The highest BCUT2D eigenvalue weighted by Crippen LogP contribution is 2.39. The van der Waals surface area contributed by atoms with Crippen LogP contribution >= 0.6 is 0 Å². The van der Waals surface area contributed by atoms with Crippen LogP contribution in [0.25, 0.3) is 11.1 Å². The third-order valence-electron chi connectivity index (χ3n) is 5.41. The Morgan fingerprint density at radius 3 is 2.91 bits per heavy atom. The molecule has 0 unspecified atom stereocenters. The maximum absolute atomic E-state index is 9.78. The van der Waals surface area contributed by atoms with Crippen molar-refractivity contribution in [2.45, 2.75) is 20.0 Å². The molecule has 0 aliphatic carbocycles. The summed E-state index contributed by atoms with van der Waals surface area (Å²) in [7, 11) is 1.71. The number of nitrogen functional groups attached to an aromatic ring is 1. The van der Waals surface area contributed by atoms with Crippen molar-refractivity contribution in [3.05, 3.63) is 59.4 Å². The first-order chi connectivity index (χ1) is 15.5. The summed E-state index contributed by atoms with van der Waals surface area (Å²) < 4.78 is 7.79. The number of nitrogens with zero attached hydrogens (tertiary/aromatic N) is 7. The van der Waals surface area contributed by atoms with E-state index in [-0.39, 0.29) is 11.9 Å². The normalized spacial score (nSPS) is 18.1. The van der Waals surface area contributed by atoms with Gasteiger partial charge in [0.2, 0.25) is 0 Å². The number of benzene rings is 1. The fourth-order valence-electron chi connectivity index (χ4n) is 3.86. The first kappa shape index (κ1) is 19.5. The van der Waals surface area contributed by atoms with Crippen molar-refractivity contribution in [3.8, 4) is 22.9 Å². The number of nitrogens with two attached hydrogens (primary N) is 1. The van der Waals surface area contributed by atoms with E-state index in [4.69, 9.17) is 15.5 Å². The van der Waals surface area contributed by atoms with Gasteiger partial charge in [-0.05, 0) is 38.1 Å². The molecule has 0 spiro atoms. The molecule has 1 atom stereocenters. The minimum Gasteiger partial charge on any atom is -0.482 e. The lowest BCUT2D eigenvalue weighted by Crippen LogP contribution is -2.27. The van der Waals surface area contributed by atoms with E-state index in [0.717, 1.165) is 16.8 Å². The van der Waals surface area contributed by atoms with Crippen LogP contribution in [0.3, 0.4) is 0 Å². The molecule has 2 aliphatic rings. The molecule has 9 heteroatoms. The number of rotatable bonds is 0. The molecule has 0 saturated heterocycles. The number of hydrazone groups is 1. The van der Waals surface area contributed by atoms with E-state index in [0.29, 0.717) is 34.2 Å². The van der Waals surface area contributed by atoms with Crippen LogP contribution in [0.15, 0.2) is 52.7 Å². The molecular weight excluding hydrogens is 404 g/mol. The smallest absolute Gasteiger partial charge is 0.185 e. The monoisotopic (exact) mass is 424 g/mol. The second-order valence-corrected chi connectivity index (χ2v) is 7.62. The Morgan fingerprint density at radius 2 is 2.09 bits per heavy atom. The van der Waals surface area contributed by atoms with Crippen molar-refractivity contribution in [2.24, 2.45) is 17.1 Å². The number of hydrogen-bond donors (Lipinski definition) is 1. The van der Waals surface area contributed by atoms with Gasteiger partial charge >= 0.3 is 0 Å². The number of nitriles is 1. The van der Waals surface area contributed by atoms with E-state index >= 15 is 0 Å². The van der Waals surface area contributed by atoms with Gasteiger partial charge in [0.1, 0.15) is 17.9 Å². The molecule has 1 aromatic carbocycles. The highest BCUT2D eigenvalue weighted by atomic mass is 16.5. The van der Waals surface area contributed by atoms with Gasteiger partial charge in [-0.3, -0.25) is 4.68 Å². The zero-order chi connectivity index (χ0) is 22.4. The maximum atomic E-state index is 9.78. The van der Waals surface area contributed by atoms with Gasteiger partial charge in [-0.1, -0.05) is 17.7 Å². The number of aliphatic imine (C=N–C) groups is 1. The lowest BCUT2D eigenvalue weighted by atomic mass is 10.0. The first-order valence-corrected chi connectivity index (χ1v) is 10.1. The first-order valence-electron chi connectivity index (χ1n) is 10.1. The lowest BCUT2D eigenvalue weighted by molar-refractivity contribution is 0.228. The van der Waals surface area contributed by atoms with Crippen molar-refractivity contribution in [1.82, 2.24) is 14.8 Å². The number of allylic oxidation sites excluding steroid dienone is 1. The molecule has 158 valence electrons. The predicted molar refractivity (Wildman–Crippen MR) is 123 cm³/mol. The minimum atomic E-state index is -0.352. The molecule has 0 fully saturated rings. The van der Waals surface area contributed by atoms with E-state index in [2.05, 4.69) is 27.3 Å². The molecule has 0 saturated carbocycles. The third-order valence-corrected chi connectivity index (χ3v) is 5.41. The molecule has 2 bridgehead atoms. The van der Waals surface area contributed by atoms with Gasteiger partial charge in [-0.15, -0.1) is 0 Å². The number of anilines is 2. The van der Waals surface area contributed by atoms with Crippen LogP contribution in [0.1, 0.15) is 29.8 Å². The maximum Gasteiger partial charge on any atom is 0.185 e. The molecule has 5 rings (SSSR count). The predicted octanol–water partition coefficient (Wildman–Crippen LogP) is 3.79. The Kier molecular flexibility index (Phi) is 4.48. The summed E-state index contributed by atoms with van der Waals surface area (Å²) in [5.74, 6) is 1.63. The third kappa shape index (κ3) is 3.09. The van der Waals surface area contributed by atoms with Gasteiger partial charge in [0.15, 0.2) is 23.2 Å². The van der Waals surface area contributed by atoms with Crippen molar-refractivity contribution >= 4 is 29.4 Å². The molecule has 0 amide bonds. The van der Waals surface area contributed by atoms with Crippen LogP contribution in [0.2, 0.25) is 0 Å². The second-order valence-electron chi connectivity index (χ2n) is 7.62. The Balaban J connectivity index is 1.85. The van der Waals surface area contributed by atoms with Crippen LogP contribution in [-0.4, -0.2) is 26.8 Å². The standard InChI is InChI=1S/C23H20N8O/c1-13-6-7-17-16(9-13)14(2)32-19-10-15(12-26-22(19)25)21-18(11-24)30(3)29-23(21)28-20-5-4-8-27-31(17)20/h4-10,12,14H,1-3H3,(H2,25,26)/b28-20+/t14-/m1/s1. The number of amidine groups is 1. The quantitative estimate of drug-likeness (QED) is 0.587. The SMILES string of the molecule is Cc1ccc2c(c1)[C@@H](C)Oc1cc(cnc1N)-c1c(nn(C)c1C#N)/N=C1\C=CC=NN12. The topological polar surface area (TPSA) is 118 Å². The van der Waals surface area contributed by atoms with Gasteiger partial charge in [0.05, 0.1) is 11.3 Å². The van der Waals surface area contributed by atoms with Crippen molar-refractivity contribution in [3.63, 3.8) is 0 Å². The van der Waals surface area contributed by atoms with Gasteiger partial charge in [0, 0.05) is 30.6 Å². The zero-order valence-corrected chi connectivity index (χ0v) is 17.8. The summed E-state index contributed by atoms with van der Waals surface area (Å²) >= 11 is 0. The van der Waals surface area contributed by atoms with Gasteiger partial charge in [-0.25, -0.2) is 15.0 Å². The largest absolute Gasteiger partial charge is 0.482 e. The molecule has 2 N–H and O–H groups in total. The van der Waals surface area contributed by atoms with Crippen LogP contribution in [0, 0.1) is 18.3 Å². The van der Waals surface area contributed by atoms with Crippen molar-refractivity contribution in [2.75, 3.05) is 10.7 Å². The van der Waals surface area contributed by atoms with Crippen molar-refractivity contribution < 1.29 is 4.74 Å².